The molecule has 0 bridgehead atoms. The number of aliphatic hydroxyl groups excluding tert-OH is 1. The van der Waals surface area contributed by atoms with Crippen molar-refractivity contribution in [3.8, 4) is 0 Å². The number of hydrogen-bond donors (Lipinski definition) is 4. The van der Waals surface area contributed by atoms with Crippen molar-refractivity contribution in [1.29, 1.82) is 0 Å². The number of piperidine rings is 1. The Hall–Kier alpha value is -1.14. The molecular formula is C7H13NO5. The molecule has 0 aliphatic carbocycles. The molecule has 4 N–H and O–H groups in total. The van der Waals surface area contributed by atoms with Crippen LogP contribution in [0, 0.1) is 0 Å². The summed E-state index contributed by atoms with van der Waals surface area (Å²) in [7, 11) is 0. The Bertz CT molecular complexity index is 164. The molecule has 1 rings (SSSR count). The highest BCUT2D eigenvalue weighted by molar-refractivity contribution is 6.27. The Morgan fingerprint density at radius 3 is 1.62 bits per heavy atom. The van der Waals surface area contributed by atoms with Crippen molar-refractivity contribution in [2.45, 2.75) is 18.9 Å². The molecular weight excluding hydrogens is 178 g/mol. The Kier molecular flexibility index (Phi) is 5.82. The lowest BCUT2D eigenvalue weighted by Crippen LogP contribution is -2.30. The molecule has 0 aromatic heterocycles. The van der Waals surface area contributed by atoms with E-state index in [1.54, 1.807) is 0 Å². The molecule has 1 saturated heterocycles. The molecule has 1 aliphatic rings. The molecule has 1 aliphatic heterocycles. The molecule has 1 heterocycles. The monoisotopic (exact) mass is 191 g/mol. The van der Waals surface area contributed by atoms with Gasteiger partial charge in [0.1, 0.15) is 0 Å². The average Bonchev–Trinajstić information content (AvgIpc) is 2.06. The summed E-state index contributed by atoms with van der Waals surface area (Å²) in [5, 5.41) is 26.8. The third-order valence-corrected chi connectivity index (χ3v) is 1.49. The van der Waals surface area contributed by atoms with Gasteiger partial charge in [-0.25, -0.2) is 9.59 Å². The van der Waals surface area contributed by atoms with Crippen molar-refractivity contribution in [3.63, 3.8) is 0 Å². The highest BCUT2D eigenvalue weighted by atomic mass is 16.4. The predicted octanol–water partition coefficient (Wildman–Crippen LogP) is -1.11. The van der Waals surface area contributed by atoms with E-state index in [0.29, 0.717) is 0 Å². The van der Waals surface area contributed by atoms with Gasteiger partial charge in [0.15, 0.2) is 0 Å². The number of carboxylic acids is 2. The number of rotatable bonds is 0. The maximum absolute atomic E-state index is 9.10. The molecule has 0 spiro atoms. The van der Waals surface area contributed by atoms with E-state index in [2.05, 4.69) is 5.32 Å². The Morgan fingerprint density at radius 2 is 1.46 bits per heavy atom. The van der Waals surface area contributed by atoms with Gasteiger partial charge in [-0.1, -0.05) is 0 Å². The van der Waals surface area contributed by atoms with Gasteiger partial charge in [-0.05, 0) is 25.9 Å². The number of aliphatic hydroxyl groups is 1. The van der Waals surface area contributed by atoms with Gasteiger partial charge in [0.25, 0.3) is 0 Å². The van der Waals surface area contributed by atoms with Crippen LogP contribution in [0.1, 0.15) is 12.8 Å². The van der Waals surface area contributed by atoms with Gasteiger partial charge in [0, 0.05) is 0 Å². The van der Waals surface area contributed by atoms with Crippen LogP contribution in [0.25, 0.3) is 0 Å². The molecule has 0 atom stereocenters. The first-order valence-corrected chi connectivity index (χ1v) is 3.89. The van der Waals surface area contributed by atoms with Gasteiger partial charge in [0.2, 0.25) is 0 Å². The largest absolute Gasteiger partial charge is 0.473 e. The van der Waals surface area contributed by atoms with Crippen LogP contribution in [-0.4, -0.2) is 46.5 Å². The minimum atomic E-state index is -1.82. The molecule has 76 valence electrons. The van der Waals surface area contributed by atoms with E-state index in [1.807, 2.05) is 0 Å². The second-order valence-electron chi connectivity index (χ2n) is 2.59. The summed E-state index contributed by atoms with van der Waals surface area (Å²) in [5.41, 5.74) is 0. The highest BCUT2D eigenvalue weighted by Crippen LogP contribution is 1.99. The lowest BCUT2D eigenvalue weighted by molar-refractivity contribution is -0.159. The van der Waals surface area contributed by atoms with Gasteiger partial charge >= 0.3 is 11.9 Å². The molecule has 1 fully saturated rings. The van der Waals surface area contributed by atoms with Crippen LogP contribution in [0.3, 0.4) is 0 Å². The predicted molar refractivity (Wildman–Crippen MR) is 43.4 cm³/mol. The Balaban J connectivity index is 0.000000226. The van der Waals surface area contributed by atoms with Crippen LogP contribution < -0.4 is 5.32 Å². The summed E-state index contributed by atoms with van der Waals surface area (Å²) in [6, 6.07) is 0. The summed E-state index contributed by atoms with van der Waals surface area (Å²) in [5.74, 6) is -3.65. The van der Waals surface area contributed by atoms with E-state index >= 15 is 0 Å². The summed E-state index contributed by atoms with van der Waals surface area (Å²) in [6.45, 7) is 1.97. The fraction of sp³-hybridized carbons (Fsp3) is 0.714. The summed E-state index contributed by atoms with van der Waals surface area (Å²) in [6.07, 6.45) is 1.83. The van der Waals surface area contributed by atoms with Crippen molar-refractivity contribution in [1.82, 2.24) is 5.32 Å². The minimum absolute atomic E-state index is 0.0266. The summed E-state index contributed by atoms with van der Waals surface area (Å²) in [4.78, 5) is 18.2. The van der Waals surface area contributed by atoms with Crippen LogP contribution in [0.5, 0.6) is 0 Å². The standard InChI is InChI=1S/C5H11NO.C2H2O4/c7-5-1-3-6-4-2-5;3-1(4)2(5)6/h5-7H,1-4H2;(H,3,4)(H,5,6). The SMILES string of the molecule is O=C(O)C(=O)O.OC1CCNCC1. The Morgan fingerprint density at radius 1 is 1.08 bits per heavy atom. The van der Waals surface area contributed by atoms with Gasteiger partial charge in [-0.15, -0.1) is 0 Å². The number of nitrogens with one attached hydrogen (secondary N) is 1. The first-order chi connectivity index (χ1) is 6.04. The zero-order valence-corrected chi connectivity index (χ0v) is 7.06. The van der Waals surface area contributed by atoms with E-state index in [4.69, 9.17) is 24.9 Å². The van der Waals surface area contributed by atoms with Crippen molar-refractivity contribution in [2.75, 3.05) is 13.1 Å². The summed E-state index contributed by atoms with van der Waals surface area (Å²) < 4.78 is 0. The first kappa shape index (κ1) is 11.9. The molecule has 6 heteroatoms. The number of aliphatic carboxylic acids is 2. The third kappa shape index (κ3) is 7.23. The van der Waals surface area contributed by atoms with E-state index in [0.717, 1.165) is 25.9 Å². The molecule has 0 unspecified atom stereocenters. The maximum Gasteiger partial charge on any atom is 0.414 e. The van der Waals surface area contributed by atoms with Crippen molar-refractivity contribution in [2.24, 2.45) is 0 Å². The van der Waals surface area contributed by atoms with E-state index < -0.39 is 11.9 Å². The molecule has 0 amide bonds. The normalized spacial score (nSPS) is 17.0. The minimum Gasteiger partial charge on any atom is -0.473 e. The lowest BCUT2D eigenvalue weighted by atomic mass is 10.1. The second kappa shape index (κ2) is 6.38. The maximum atomic E-state index is 9.10. The van der Waals surface area contributed by atoms with Crippen LogP contribution >= 0.6 is 0 Å². The fourth-order valence-electron chi connectivity index (χ4n) is 0.807. The highest BCUT2D eigenvalue weighted by Gasteiger charge is 2.06. The van der Waals surface area contributed by atoms with Crippen LogP contribution in [0.2, 0.25) is 0 Å². The van der Waals surface area contributed by atoms with Crippen molar-refractivity contribution in [3.05, 3.63) is 0 Å². The number of hydrogen-bond acceptors (Lipinski definition) is 4. The lowest BCUT2D eigenvalue weighted by Gasteiger charge is -2.16. The van der Waals surface area contributed by atoms with Gasteiger partial charge in [0.05, 0.1) is 6.10 Å². The molecule has 6 nitrogen and oxygen atoms in total. The van der Waals surface area contributed by atoms with Crippen molar-refractivity contribution < 1.29 is 24.9 Å². The topological polar surface area (TPSA) is 107 Å². The molecule has 0 saturated carbocycles. The third-order valence-electron chi connectivity index (χ3n) is 1.49. The number of carbonyl (C=O) groups is 2. The molecule has 0 aromatic rings. The molecule has 13 heavy (non-hydrogen) atoms. The van der Waals surface area contributed by atoms with Crippen molar-refractivity contribution >= 4 is 11.9 Å². The van der Waals surface area contributed by atoms with E-state index in [1.165, 1.54) is 0 Å². The molecule has 0 aromatic carbocycles. The first-order valence-electron chi connectivity index (χ1n) is 3.89. The zero-order valence-electron chi connectivity index (χ0n) is 7.06. The zero-order chi connectivity index (χ0) is 10.3. The van der Waals surface area contributed by atoms with Crippen LogP contribution in [0.15, 0.2) is 0 Å². The fourth-order valence-corrected chi connectivity index (χ4v) is 0.807. The van der Waals surface area contributed by atoms with Gasteiger partial charge < -0.3 is 20.6 Å². The second-order valence-corrected chi connectivity index (χ2v) is 2.59. The van der Waals surface area contributed by atoms with Crippen LogP contribution in [0.4, 0.5) is 0 Å². The van der Waals surface area contributed by atoms with Crippen LogP contribution in [-0.2, 0) is 9.59 Å². The quantitative estimate of drug-likeness (QED) is 0.361. The average molecular weight is 191 g/mol. The Labute approximate surface area is 75.2 Å². The van der Waals surface area contributed by atoms with Gasteiger partial charge in [-0.2, -0.15) is 0 Å². The number of carboxylic acid groups (broad SMARTS) is 2. The van der Waals surface area contributed by atoms with E-state index in [-0.39, 0.29) is 6.10 Å². The summed E-state index contributed by atoms with van der Waals surface area (Å²) >= 11 is 0. The smallest absolute Gasteiger partial charge is 0.414 e. The van der Waals surface area contributed by atoms with E-state index in [9.17, 15) is 0 Å². The molecule has 0 radical (unpaired) electrons. The van der Waals surface area contributed by atoms with Gasteiger partial charge in [-0.3, -0.25) is 0 Å².